The molecule has 0 aliphatic carbocycles. The lowest BCUT2D eigenvalue weighted by Crippen LogP contribution is -2.59. The van der Waals surface area contributed by atoms with E-state index >= 15 is 0 Å². The second-order valence-electron chi connectivity index (χ2n) is 8.31. The molecule has 7 heteroatoms. The maximum atomic E-state index is 12.3. The van der Waals surface area contributed by atoms with Gasteiger partial charge < -0.3 is 14.2 Å². The van der Waals surface area contributed by atoms with Gasteiger partial charge >= 0.3 is 0 Å². The highest BCUT2D eigenvalue weighted by Crippen LogP contribution is 2.32. The first-order valence-corrected chi connectivity index (χ1v) is 13.2. The standard InChI is InChI=1S/C22H44O6S/c1-3-5-7-9-11-13-16-27-20-22(29(23,24)25)15-18-26-19-21(22)28-17-14-12-10-8-6-4-2/h21H,3-20H2,1-2H3,(H,23,24,25). The molecule has 0 saturated carbocycles. The van der Waals surface area contributed by atoms with Gasteiger partial charge in [-0.05, 0) is 19.3 Å². The molecule has 1 aliphatic heterocycles. The molecule has 0 aromatic heterocycles. The van der Waals surface area contributed by atoms with Crippen molar-refractivity contribution in [1.82, 2.24) is 0 Å². The SMILES string of the molecule is CCCCCCCCOCC1(S(=O)(=O)O)CCOCC1OCCCCCCCC. The van der Waals surface area contributed by atoms with Gasteiger partial charge in [0.1, 0.15) is 6.10 Å². The first-order valence-electron chi connectivity index (χ1n) is 11.7. The van der Waals surface area contributed by atoms with Gasteiger partial charge in [0.15, 0.2) is 4.75 Å². The molecule has 6 nitrogen and oxygen atoms in total. The van der Waals surface area contributed by atoms with E-state index in [9.17, 15) is 13.0 Å². The van der Waals surface area contributed by atoms with Crippen molar-refractivity contribution in [2.45, 2.75) is 108 Å². The summed E-state index contributed by atoms with van der Waals surface area (Å²) in [5.74, 6) is 0. The summed E-state index contributed by atoms with van der Waals surface area (Å²) in [5.41, 5.74) is 0. The van der Waals surface area contributed by atoms with Crippen molar-refractivity contribution in [1.29, 1.82) is 0 Å². The molecule has 1 saturated heterocycles. The summed E-state index contributed by atoms with van der Waals surface area (Å²) < 4.78 is 50.3. The Morgan fingerprint density at radius 3 is 2.03 bits per heavy atom. The summed E-state index contributed by atoms with van der Waals surface area (Å²) in [6, 6.07) is 0. The highest BCUT2D eigenvalue weighted by atomic mass is 32.2. The molecule has 29 heavy (non-hydrogen) atoms. The van der Waals surface area contributed by atoms with Crippen molar-refractivity contribution >= 4 is 10.1 Å². The van der Waals surface area contributed by atoms with Crippen LogP contribution in [-0.2, 0) is 24.3 Å². The Labute approximate surface area is 178 Å². The molecule has 0 bridgehead atoms. The largest absolute Gasteiger partial charge is 0.380 e. The fourth-order valence-corrected chi connectivity index (χ4v) is 4.86. The first-order chi connectivity index (χ1) is 14.0. The summed E-state index contributed by atoms with van der Waals surface area (Å²) in [6.07, 6.45) is 13.2. The van der Waals surface area contributed by atoms with Crippen LogP contribution in [0.15, 0.2) is 0 Å². The van der Waals surface area contributed by atoms with Gasteiger partial charge in [0.25, 0.3) is 10.1 Å². The minimum absolute atomic E-state index is 0.0364. The maximum Gasteiger partial charge on any atom is 0.275 e. The Kier molecular flexibility index (Phi) is 14.4. The lowest BCUT2D eigenvalue weighted by molar-refractivity contribution is -0.0934. The van der Waals surface area contributed by atoms with E-state index in [1.54, 1.807) is 0 Å². The van der Waals surface area contributed by atoms with Gasteiger partial charge in [-0.25, -0.2) is 0 Å². The summed E-state index contributed by atoms with van der Waals surface area (Å²) >= 11 is 0. The van der Waals surface area contributed by atoms with Crippen LogP contribution in [0, 0.1) is 0 Å². The molecule has 2 atom stereocenters. The monoisotopic (exact) mass is 436 g/mol. The zero-order valence-electron chi connectivity index (χ0n) is 18.7. The van der Waals surface area contributed by atoms with E-state index in [4.69, 9.17) is 14.2 Å². The zero-order chi connectivity index (χ0) is 21.4. The van der Waals surface area contributed by atoms with Gasteiger partial charge in [-0.15, -0.1) is 0 Å². The molecule has 1 aliphatic rings. The van der Waals surface area contributed by atoms with Gasteiger partial charge in [-0.1, -0.05) is 78.1 Å². The number of ether oxygens (including phenoxy) is 3. The van der Waals surface area contributed by atoms with Gasteiger partial charge in [-0.2, -0.15) is 8.42 Å². The molecule has 1 N–H and O–H groups in total. The molecule has 1 fully saturated rings. The molecule has 174 valence electrons. The fourth-order valence-electron chi connectivity index (χ4n) is 3.82. The van der Waals surface area contributed by atoms with Crippen LogP contribution in [0.2, 0.25) is 0 Å². The van der Waals surface area contributed by atoms with E-state index < -0.39 is 21.0 Å². The van der Waals surface area contributed by atoms with Crippen LogP contribution < -0.4 is 0 Å². The average Bonchev–Trinajstić information content (AvgIpc) is 2.69. The van der Waals surface area contributed by atoms with Crippen molar-refractivity contribution in [2.75, 3.05) is 33.0 Å². The van der Waals surface area contributed by atoms with E-state index in [1.165, 1.54) is 51.4 Å². The summed E-state index contributed by atoms with van der Waals surface area (Å²) in [4.78, 5) is 0. The predicted molar refractivity (Wildman–Crippen MR) is 117 cm³/mol. The van der Waals surface area contributed by atoms with Crippen molar-refractivity contribution in [3.05, 3.63) is 0 Å². The third-order valence-electron chi connectivity index (χ3n) is 5.84. The minimum Gasteiger partial charge on any atom is -0.380 e. The average molecular weight is 437 g/mol. The van der Waals surface area contributed by atoms with Gasteiger partial charge in [0.05, 0.1) is 13.2 Å². The second kappa shape index (κ2) is 15.6. The maximum absolute atomic E-state index is 12.3. The smallest absolute Gasteiger partial charge is 0.275 e. The molecule has 0 aromatic rings. The molecule has 1 rings (SSSR count). The summed E-state index contributed by atoms with van der Waals surface area (Å²) in [6.45, 7) is 5.80. The van der Waals surface area contributed by atoms with Gasteiger partial charge in [-0.3, -0.25) is 4.55 Å². The highest BCUT2D eigenvalue weighted by Gasteiger charge is 2.52. The zero-order valence-corrected chi connectivity index (χ0v) is 19.5. The van der Waals surface area contributed by atoms with Crippen molar-refractivity contribution < 1.29 is 27.2 Å². The molecular weight excluding hydrogens is 392 g/mol. The van der Waals surface area contributed by atoms with Crippen LogP contribution in [0.4, 0.5) is 0 Å². The van der Waals surface area contributed by atoms with Gasteiger partial charge in [0.2, 0.25) is 0 Å². The third-order valence-corrected chi connectivity index (χ3v) is 7.46. The Morgan fingerprint density at radius 1 is 0.897 bits per heavy atom. The third kappa shape index (κ3) is 10.1. The number of hydrogen-bond donors (Lipinski definition) is 1. The summed E-state index contributed by atoms with van der Waals surface area (Å²) in [7, 11) is -4.33. The van der Waals surface area contributed by atoms with E-state index in [-0.39, 0.29) is 26.2 Å². The quantitative estimate of drug-likeness (QED) is 0.236. The molecule has 0 radical (unpaired) electrons. The normalized spacial score (nSPS) is 22.8. The first kappa shape index (κ1) is 26.8. The molecule has 0 spiro atoms. The Morgan fingerprint density at radius 2 is 1.45 bits per heavy atom. The van der Waals surface area contributed by atoms with E-state index in [0.29, 0.717) is 13.2 Å². The van der Waals surface area contributed by atoms with Crippen molar-refractivity contribution in [3.63, 3.8) is 0 Å². The number of rotatable bonds is 18. The van der Waals surface area contributed by atoms with Crippen LogP contribution >= 0.6 is 0 Å². The molecular formula is C22H44O6S. The molecule has 1 heterocycles. The van der Waals surface area contributed by atoms with Crippen LogP contribution in [-0.4, -0.2) is 56.9 Å². The van der Waals surface area contributed by atoms with Crippen LogP contribution in [0.3, 0.4) is 0 Å². The fraction of sp³-hybridized carbons (Fsp3) is 1.00. The topological polar surface area (TPSA) is 82.1 Å². The van der Waals surface area contributed by atoms with Crippen molar-refractivity contribution in [2.24, 2.45) is 0 Å². The lowest BCUT2D eigenvalue weighted by atomic mass is 9.96. The molecule has 0 aromatic carbocycles. The Hall–Kier alpha value is -0.210. The van der Waals surface area contributed by atoms with Crippen molar-refractivity contribution in [3.8, 4) is 0 Å². The van der Waals surface area contributed by atoms with Crippen LogP contribution in [0.5, 0.6) is 0 Å². The van der Waals surface area contributed by atoms with E-state index in [0.717, 1.165) is 25.7 Å². The predicted octanol–water partition coefficient (Wildman–Crippen LogP) is 5.16. The minimum atomic E-state index is -4.33. The lowest BCUT2D eigenvalue weighted by Gasteiger charge is -2.40. The van der Waals surface area contributed by atoms with E-state index in [1.807, 2.05) is 0 Å². The molecule has 2 unspecified atom stereocenters. The van der Waals surface area contributed by atoms with Crippen LogP contribution in [0.25, 0.3) is 0 Å². The van der Waals surface area contributed by atoms with Gasteiger partial charge in [0, 0.05) is 19.8 Å². The number of unbranched alkanes of at least 4 members (excludes halogenated alkanes) is 10. The highest BCUT2D eigenvalue weighted by molar-refractivity contribution is 7.87. The second-order valence-corrected chi connectivity index (χ2v) is 10.1. The molecule has 0 amide bonds. The Bertz CT molecular complexity index is 496. The van der Waals surface area contributed by atoms with E-state index in [2.05, 4.69) is 13.8 Å². The number of hydrogen-bond acceptors (Lipinski definition) is 5. The summed E-state index contributed by atoms with van der Waals surface area (Å²) in [5, 5.41) is 0. The van der Waals surface area contributed by atoms with Crippen LogP contribution in [0.1, 0.15) is 97.3 Å². The Balaban J connectivity index is 2.46.